The topological polar surface area (TPSA) is 53.7 Å². The maximum absolute atomic E-state index is 12.8. The summed E-state index contributed by atoms with van der Waals surface area (Å²) in [6, 6.07) is 13.3. The minimum Gasteiger partial charge on any atom is -0.502 e. The number of quaternary nitrogens is 1. The fourth-order valence-corrected chi connectivity index (χ4v) is 3.49. The first-order valence-electron chi connectivity index (χ1n) is 9.68. The van der Waals surface area contributed by atoms with E-state index in [4.69, 9.17) is 4.42 Å². The number of hydrogen-bond donors (Lipinski definition) is 1. The van der Waals surface area contributed by atoms with Crippen LogP contribution in [-0.4, -0.2) is 43.8 Å². The van der Waals surface area contributed by atoms with Crippen LogP contribution in [0.4, 0.5) is 5.69 Å². The number of fused-ring (bicyclic) bond motifs is 1. The van der Waals surface area contributed by atoms with Crippen molar-refractivity contribution in [3.8, 4) is 17.1 Å². The van der Waals surface area contributed by atoms with Gasteiger partial charge in [-0.15, -0.1) is 0 Å². The highest BCUT2D eigenvalue weighted by Crippen LogP contribution is 2.31. The van der Waals surface area contributed by atoms with Crippen LogP contribution in [0, 0.1) is 0 Å². The lowest BCUT2D eigenvalue weighted by Crippen LogP contribution is -2.33. The Morgan fingerprint density at radius 2 is 1.64 bits per heavy atom. The second-order valence-electron chi connectivity index (χ2n) is 8.11. The molecule has 0 bridgehead atoms. The summed E-state index contributed by atoms with van der Waals surface area (Å²) in [5.41, 5.74) is 2.90. The van der Waals surface area contributed by atoms with E-state index in [1.54, 1.807) is 0 Å². The molecule has 0 spiro atoms. The summed E-state index contributed by atoms with van der Waals surface area (Å²) >= 11 is 0. The molecule has 2 aromatic carbocycles. The van der Waals surface area contributed by atoms with E-state index < -0.39 is 5.43 Å². The third-order valence-corrected chi connectivity index (χ3v) is 4.85. The van der Waals surface area contributed by atoms with Gasteiger partial charge in [0.2, 0.25) is 11.2 Å². The fraction of sp³-hybridized carbons (Fsp3) is 0.348. The zero-order valence-electron chi connectivity index (χ0n) is 17.3. The van der Waals surface area contributed by atoms with Crippen molar-refractivity contribution >= 4 is 16.7 Å². The maximum atomic E-state index is 12.8. The predicted octanol–water partition coefficient (Wildman–Crippen LogP) is 4.22. The number of aromatic hydroxyl groups is 1. The Kier molecular flexibility index (Phi) is 5.47. The SMILES string of the molecule is CCN(CC)c1ccc(-c2oc3ccc(C[N+](C)(C)C)cc3c(=O)c2O)cc1. The van der Waals surface area contributed by atoms with Crippen molar-refractivity contribution in [1.82, 2.24) is 0 Å². The van der Waals surface area contributed by atoms with E-state index in [0.29, 0.717) is 16.5 Å². The van der Waals surface area contributed by atoms with Gasteiger partial charge < -0.3 is 18.9 Å². The molecule has 3 aromatic rings. The molecule has 0 unspecified atom stereocenters. The van der Waals surface area contributed by atoms with Crippen molar-refractivity contribution in [3.63, 3.8) is 0 Å². The quantitative estimate of drug-likeness (QED) is 0.650. The first-order valence-corrected chi connectivity index (χ1v) is 9.68. The van der Waals surface area contributed by atoms with Gasteiger partial charge in [0, 0.05) is 29.9 Å². The van der Waals surface area contributed by atoms with Gasteiger partial charge in [-0.05, 0) is 56.3 Å². The molecule has 0 radical (unpaired) electrons. The molecule has 0 fully saturated rings. The zero-order valence-corrected chi connectivity index (χ0v) is 17.3. The maximum Gasteiger partial charge on any atom is 0.235 e. The van der Waals surface area contributed by atoms with Crippen LogP contribution in [0.1, 0.15) is 19.4 Å². The van der Waals surface area contributed by atoms with Crippen LogP contribution in [0.5, 0.6) is 5.75 Å². The number of nitrogens with zero attached hydrogens (tertiary/aromatic N) is 2. The standard InChI is InChI=1S/C23H28N2O3/c1-6-24(7-2)18-11-9-17(10-12-18)23-22(27)21(26)19-14-16(15-25(3,4)5)8-13-20(19)28-23/h8-14H,6-7,15H2,1-5H3/p+1. The largest absolute Gasteiger partial charge is 0.502 e. The van der Waals surface area contributed by atoms with Crippen molar-refractivity contribution in [2.24, 2.45) is 0 Å². The molecule has 0 amide bonds. The lowest BCUT2D eigenvalue weighted by Gasteiger charge is -2.24. The summed E-state index contributed by atoms with van der Waals surface area (Å²) in [6.45, 7) is 6.84. The molecular formula is C23H29N2O3+. The van der Waals surface area contributed by atoms with Crippen LogP contribution in [0.2, 0.25) is 0 Å². The Bertz CT molecular complexity index is 1030. The molecule has 148 valence electrons. The first kappa shape index (κ1) is 20.0. The van der Waals surface area contributed by atoms with Gasteiger partial charge in [-0.2, -0.15) is 0 Å². The molecule has 0 saturated carbocycles. The molecule has 0 saturated heterocycles. The summed E-state index contributed by atoms with van der Waals surface area (Å²) in [4.78, 5) is 15.0. The summed E-state index contributed by atoms with van der Waals surface area (Å²) in [7, 11) is 6.28. The van der Waals surface area contributed by atoms with Crippen LogP contribution in [0.3, 0.4) is 0 Å². The van der Waals surface area contributed by atoms with Gasteiger partial charge in [0.05, 0.1) is 26.5 Å². The van der Waals surface area contributed by atoms with Gasteiger partial charge in [-0.1, -0.05) is 0 Å². The first-order chi connectivity index (χ1) is 13.2. The highest BCUT2D eigenvalue weighted by molar-refractivity contribution is 5.82. The van der Waals surface area contributed by atoms with E-state index in [2.05, 4.69) is 39.9 Å². The molecule has 5 nitrogen and oxygen atoms in total. The van der Waals surface area contributed by atoms with Crippen LogP contribution in [0.15, 0.2) is 51.7 Å². The van der Waals surface area contributed by atoms with E-state index >= 15 is 0 Å². The van der Waals surface area contributed by atoms with Crippen LogP contribution in [-0.2, 0) is 6.54 Å². The molecule has 0 aliphatic heterocycles. The third-order valence-electron chi connectivity index (χ3n) is 4.85. The summed E-state index contributed by atoms with van der Waals surface area (Å²) in [6.07, 6.45) is 0. The minimum absolute atomic E-state index is 0.211. The predicted molar refractivity (Wildman–Crippen MR) is 115 cm³/mol. The van der Waals surface area contributed by atoms with E-state index in [1.165, 1.54) is 0 Å². The Balaban J connectivity index is 2.04. The molecule has 5 heteroatoms. The molecule has 1 aromatic heterocycles. The molecule has 0 aliphatic carbocycles. The molecule has 1 heterocycles. The number of hydrogen-bond acceptors (Lipinski definition) is 4. The average Bonchev–Trinajstić information content (AvgIpc) is 2.65. The lowest BCUT2D eigenvalue weighted by molar-refractivity contribution is -0.883. The summed E-state index contributed by atoms with van der Waals surface area (Å²) in [5, 5.41) is 10.9. The van der Waals surface area contributed by atoms with Gasteiger partial charge in [0.25, 0.3) is 0 Å². The van der Waals surface area contributed by atoms with Gasteiger partial charge in [-0.25, -0.2) is 0 Å². The van der Waals surface area contributed by atoms with Crippen LogP contribution in [0.25, 0.3) is 22.3 Å². The van der Waals surface area contributed by atoms with Gasteiger partial charge in [0.15, 0.2) is 5.76 Å². The van der Waals surface area contributed by atoms with Crippen LogP contribution < -0.4 is 10.3 Å². The number of rotatable bonds is 6. The lowest BCUT2D eigenvalue weighted by atomic mass is 10.1. The third kappa shape index (κ3) is 4.04. The van der Waals surface area contributed by atoms with Crippen molar-refractivity contribution in [2.75, 3.05) is 39.1 Å². The van der Waals surface area contributed by atoms with Crippen molar-refractivity contribution in [2.45, 2.75) is 20.4 Å². The van der Waals surface area contributed by atoms with Crippen molar-refractivity contribution in [1.29, 1.82) is 0 Å². The molecular weight excluding hydrogens is 352 g/mol. The monoisotopic (exact) mass is 381 g/mol. The van der Waals surface area contributed by atoms with E-state index in [0.717, 1.165) is 35.4 Å². The second-order valence-corrected chi connectivity index (χ2v) is 8.11. The van der Waals surface area contributed by atoms with Crippen molar-refractivity contribution in [3.05, 3.63) is 58.3 Å². The van der Waals surface area contributed by atoms with Gasteiger partial charge in [-0.3, -0.25) is 4.79 Å². The highest BCUT2D eigenvalue weighted by atomic mass is 16.4. The van der Waals surface area contributed by atoms with E-state index in [9.17, 15) is 9.90 Å². The van der Waals surface area contributed by atoms with Gasteiger partial charge in [0.1, 0.15) is 12.1 Å². The van der Waals surface area contributed by atoms with Crippen molar-refractivity contribution < 1.29 is 14.0 Å². The normalized spacial score (nSPS) is 11.8. The molecule has 0 atom stereocenters. The Labute approximate surface area is 166 Å². The Morgan fingerprint density at radius 1 is 1.00 bits per heavy atom. The Morgan fingerprint density at radius 3 is 2.21 bits per heavy atom. The summed E-state index contributed by atoms with van der Waals surface area (Å²) < 4.78 is 6.68. The molecule has 0 aliphatic rings. The number of anilines is 1. The van der Waals surface area contributed by atoms with Gasteiger partial charge >= 0.3 is 0 Å². The molecule has 1 N–H and O–H groups in total. The smallest absolute Gasteiger partial charge is 0.235 e. The average molecular weight is 381 g/mol. The summed E-state index contributed by atoms with van der Waals surface area (Å²) in [5.74, 6) is -0.131. The molecule has 3 rings (SSSR count). The highest BCUT2D eigenvalue weighted by Gasteiger charge is 2.17. The van der Waals surface area contributed by atoms with Crippen LogP contribution >= 0.6 is 0 Å². The second kappa shape index (κ2) is 7.68. The minimum atomic E-state index is -0.396. The molecule has 28 heavy (non-hydrogen) atoms. The zero-order chi connectivity index (χ0) is 20.5. The Hall–Kier alpha value is -2.79. The fourth-order valence-electron chi connectivity index (χ4n) is 3.49. The van der Waals surface area contributed by atoms with E-state index in [-0.39, 0.29) is 11.5 Å². The number of benzene rings is 2. The van der Waals surface area contributed by atoms with E-state index in [1.807, 2.05) is 42.5 Å².